The Labute approximate surface area is 194 Å². The van der Waals surface area contributed by atoms with Crippen LogP contribution in [-0.4, -0.2) is 22.1 Å². The molecule has 0 amide bonds. The van der Waals surface area contributed by atoms with E-state index in [2.05, 4.69) is 96.9 Å². The molecule has 2 aromatic carbocycles. The number of aryl methyl sites for hydroxylation is 1. The second-order valence-corrected chi connectivity index (χ2v) is 22.9. The first-order valence-electron chi connectivity index (χ1n) is 10.9. The summed E-state index contributed by atoms with van der Waals surface area (Å²) in [6.45, 7) is 13.7. The molecule has 6 heteroatoms. The van der Waals surface area contributed by atoms with E-state index in [1.165, 1.54) is 33.4 Å². The summed E-state index contributed by atoms with van der Waals surface area (Å²) in [5, 5.41) is 1.36. The fourth-order valence-electron chi connectivity index (χ4n) is 5.39. The normalized spacial score (nSPS) is 17.3. The zero-order chi connectivity index (χ0) is 21.8. The molecular formula is C24H32Cl2N2SiTi. The molecule has 1 aliphatic rings. The molecule has 0 fully saturated rings. The van der Waals surface area contributed by atoms with Gasteiger partial charge in [-0.3, -0.25) is 0 Å². The van der Waals surface area contributed by atoms with Gasteiger partial charge in [-0.25, -0.2) is 0 Å². The molecule has 0 N–H and O–H groups in total. The Kier molecular flexibility index (Phi) is 6.11. The van der Waals surface area contributed by atoms with Gasteiger partial charge in [-0.2, -0.15) is 0 Å². The molecule has 0 saturated carbocycles. The van der Waals surface area contributed by atoms with E-state index in [0.717, 1.165) is 12.8 Å². The summed E-state index contributed by atoms with van der Waals surface area (Å²) >= 11 is -3.28. The average molecular weight is 495 g/mol. The molecule has 0 spiro atoms. The van der Waals surface area contributed by atoms with Crippen molar-refractivity contribution < 1.29 is 14.7 Å². The molecule has 160 valence electrons. The van der Waals surface area contributed by atoms with E-state index in [0.29, 0.717) is 4.22 Å². The van der Waals surface area contributed by atoms with E-state index < -0.39 is 23.7 Å². The minimum atomic E-state index is -3.28. The van der Waals surface area contributed by atoms with Crippen LogP contribution in [0.15, 0.2) is 48.5 Å². The van der Waals surface area contributed by atoms with E-state index in [4.69, 9.17) is 18.6 Å². The van der Waals surface area contributed by atoms with E-state index in [-0.39, 0.29) is 5.54 Å². The quantitative estimate of drug-likeness (QED) is 0.345. The molecule has 0 radical (unpaired) electrons. The van der Waals surface area contributed by atoms with Gasteiger partial charge in [0.25, 0.3) is 0 Å². The van der Waals surface area contributed by atoms with E-state index in [9.17, 15) is 0 Å². The first-order chi connectivity index (χ1) is 14.0. The SMILES string of the molecule is Cc1ccc2c3c(n(-c4ccccc4)c2c1)C[CH]([Ti]([Cl])([Cl])[N]([SiH](C)C)C(C)(C)C)C3. The molecule has 0 saturated heterocycles. The van der Waals surface area contributed by atoms with Crippen molar-refractivity contribution in [1.82, 2.24) is 7.61 Å². The van der Waals surface area contributed by atoms with Crippen molar-refractivity contribution in [3.05, 3.63) is 65.4 Å². The van der Waals surface area contributed by atoms with E-state index in [1.807, 2.05) is 0 Å². The molecule has 1 heterocycles. The molecule has 0 bridgehead atoms. The summed E-state index contributed by atoms with van der Waals surface area (Å²) in [5.41, 5.74) is 6.70. The molecule has 0 aliphatic heterocycles. The number of rotatable bonds is 4. The third-order valence-corrected chi connectivity index (χ3v) is 21.8. The Morgan fingerprint density at radius 1 is 1.03 bits per heavy atom. The Hall–Kier alpha value is -0.549. The standard InChI is InChI=1S/C18H16N.C6H16NSi.2ClH.Ti/c1-13-10-11-16-15-8-5-9-17(15)19(18(16)12-13)14-6-3-2-4-7-14;1-6(2,3)7-8(4)5;;;/h2-7,10-12H,8-9H2,1H3;8H,1-5H3;2*1H;/q;-1;;;+3/p-2. The van der Waals surface area contributed by atoms with Gasteiger partial charge < -0.3 is 0 Å². The number of hydrogen-bond acceptors (Lipinski definition) is 1. The molecular weight excluding hydrogens is 463 g/mol. The van der Waals surface area contributed by atoms with Crippen molar-refractivity contribution in [2.45, 2.75) is 63.4 Å². The van der Waals surface area contributed by atoms with Gasteiger partial charge in [0, 0.05) is 0 Å². The van der Waals surface area contributed by atoms with Gasteiger partial charge >= 0.3 is 195 Å². The van der Waals surface area contributed by atoms with Gasteiger partial charge in [0.2, 0.25) is 0 Å². The zero-order valence-corrected chi connectivity index (χ0v) is 23.1. The minimum absolute atomic E-state index is 0.0189. The fourth-order valence-corrected chi connectivity index (χ4v) is 23.3. The number of hydrogen-bond donors (Lipinski definition) is 0. The van der Waals surface area contributed by atoms with Crippen LogP contribution in [0.2, 0.25) is 17.3 Å². The predicted molar refractivity (Wildman–Crippen MR) is 131 cm³/mol. The second-order valence-electron chi connectivity index (χ2n) is 9.94. The Balaban J connectivity index is 1.83. The van der Waals surface area contributed by atoms with Crippen LogP contribution in [0.5, 0.6) is 0 Å². The van der Waals surface area contributed by atoms with Crippen LogP contribution in [0.3, 0.4) is 0 Å². The molecule has 1 unspecified atom stereocenters. The first kappa shape index (κ1) is 22.6. The van der Waals surface area contributed by atoms with Crippen LogP contribution in [0.1, 0.15) is 37.6 Å². The van der Waals surface area contributed by atoms with E-state index >= 15 is 0 Å². The maximum absolute atomic E-state index is 7.41. The van der Waals surface area contributed by atoms with Crippen LogP contribution >= 0.6 is 18.6 Å². The number of para-hydroxylation sites is 1. The van der Waals surface area contributed by atoms with Crippen LogP contribution in [-0.2, 0) is 27.6 Å². The molecule has 1 aliphatic carbocycles. The van der Waals surface area contributed by atoms with Crippen molar-refractivity contribution in [3.63, 3.8) is 0 Å². The van der Waals surface area contributed by atoms with Crippen molar-refractivity contribution in [2.24, 2.45) is 0 Å². The van der Waals surface area contributed by atoms with Gasteiger partial charge in [0.15, 0.2) is 0 Å². The topological polar surface area (TPSA) is 8.17 Å². The molecule has 1 atom stereocenters. The van der Waals surface area contributed by atoms with Crippen LogP contribution in [0.4, 0.5) is 0 Å². The van der Waals surface area contributed by atoms with Crippen molar-refractivity contribution in [1.29, 1.82) is 0 Å². The van der Waals surface area contributed by atoms with Crippen LogP contribution < -0.4 is 0 Å². The summed E-state index contributed by atoms with van der Waals surface area (Å²) in [7, 11) is 13.7. The van der Waals surface area contributed by atoms with Gasteiger partial charge in [-0.05, 0) is 0 Å². The molecule has 2 nitrogen and oxygen atoms in total. The summed E-state index contributed by atoms with van der Waals surface area (Å²) in [5.74, 6) is 0. The molecule has 4 rings (SSSR count). The van der Waals surface area contributed by atoms with Gasteiger partial charge in [0.1, 0.15) is 0 Å². The molecule has 3 aromatic rings. The summed E-state index contributed by atoms with van der Waals surface area (Å²) in [6.07, 6.45) is 1.97. The number of aromatic nitrogens is 1. The zero-order valence-electron chi connectivity index (χ0n) is 18.8. The number of benzene rings is 2. The van der Waals surface area contributed by atoms with Gasteiger partial charge in [-0.1, -0.05) is 0 Å². The third-order valence-electron chi connectivity index (χ3n) is 6.29. The Morgan fingerprint density at radius 2 is 1.70 bits per heavy atom. The summed E-state index contributed by atoms with van der Waals surface area (Å²) in [6, 6.07) is 17.6. The predicted octanol–water partition coefficient (Wildman–Crippen LogP) is 7.29. The molecule has 1 aromatic heterocycles. The van der Waals surface area contributed by atoms with Gasteiger partial charge in [-0.15, -0.1) is 0 Å². The molecule has 30 heavy (non-hydrogen) atoms. The second kappa shape index (κ2) is 8.10. The monoisotopic (exact) mass is 494 g/mol. The number of nitrogens with zero attached hydrogens (tertiary/aromatic N) is 2. The van der Waals surface area contributed by atoms with Crippen molar-refractivity contribution >= 4 is 38.5 Å². The van der Waals surface area contributed by atoms with Crippen LogP contribution in [0, 0.1) is 6.92 Å². The summed E-state index contributed by atoms with van der Waals surface area (Å²) < 4.78 is 5.40. The number of halogens is 2. The average Bonchev–Trinajstić information content (AvgIpc) is 3.17. The van der Waals surface area contributed by atoms with E-state index in [1.54, 1.807) is 0 Å². The maximum atomic E-state index is 7.41. The summed E-state index contributed by atoms with van der Waals surface area (Å²) in [4.78, 5) is 0. The fraction of sp³-hybridized carbons (Fsp3) is 0.417. The number of fused-ring (bicyclic) bond motifs is 3. The van der Waals surface area contributed by atoms with Crippen molar-refractivity contribution in [3.8, 4) is 5.69 Å². The van der Waals surface area contributed by atoms with Crippen LogP contribution in [0.25, 0.3) is 16.6 Å². The van der Waals surface area contributed by atoms with Gasteiger partial charge in [0.05, 0.1) is 0 Å². The first-order valence-corrected chi connectivity index (χ1v) is 19.6. The van der Waals surface area contributed by atoms with Crippen molar-refractivity contribution in [2.75, 3.05) is 0 Å². The Bertz CT molecular complexity index is 1070. The third kappa shape index (κ3) is 3.87. The Morgan fingerprint density at radius 3 is 2.30 bits per heavy atom.